The van der Waals surface area contributed by atoms with Gasteiger partial charge in [-0.2, -0.15) is 15.0 Å². The van der Waals surface area contributed by atoms with Crippen LogP contribution in [0.2, 0.25) is 0 Å². The van der Waals surface area contributed by atoms with Crippen LogP contribution in [0, 0.1) is 0 Å². The van der Waals surface area contributed by atoms with Crippen molar-refractivity contribution >= 4 is 135 Å². The van der Waals surface area contributed by atoms with Gasteiger partial charge in [-0.15, -0.1) is 0 Å². The van der Waals surface area contributed by atoms with Crippen LogP contribution in [-0.2, 0) is 25.9 Å². The van der Waals surface area contributed by atoms with Crippen molar-refractivity contribution in [2.45, 2.75) is 18.9 Å². The Labute approximate surface area is 608 Å². The van der Waals surface area contributed by atoms with Gasteiger partial charge >= 0.3 is 0 Å². The lowest BCUT2D eigenvalue weighted by molar-refractivity contribution is 0.0981. The van der Waals surface area contributed by atoms with Crippen LogP contribution in [0.4, 0.5) is 52.2 Å². The number of likely N-dealkylation sites (N-methyl/N-ethyl adjacent to an activating group) is 2. The zero-order valence-electron chi connectivity index (χ0n) is 60.0. The summed E-state index contributed by atoms with van der Waals surface area (Å²) in [5.74, 6) is 4.09. The Morgan fingerprint density at radius 1 is 0.387 bits per heavy atom. The van der Waals surface area contributed by atoms with Crippen molar-refractivity contribution in [2.75, 3.05) is 144 Å². The second-order valence-electron chi connectivity index (χ2n) is 27.6. The quantitative estimate of drug-likeness (QED) is 0.109. The minimum atomic E-state index is -0.0825. The minimum Gasteiger partial charge on any atom is -0.495 e. The lowest BCUT2D eigenvalue weighted by atomic mass is 10.0. The standard InChI is InChI=1S/C29H33N9O.C26H27N7O2.C23H21N7O2/c1-34-13-15-36(16-14-34)22-9-11-37(12-10-22)26-8-7-21(18-30-26)32-29-31-19-25-27(33-29)38-23-6-4-3-5-20(23)17-24(38)28(39)35(25)2;1-30-10-12-32(13-11-30)20-9-8-18(15-23(20)35-3)28-26-27-16-22-24(29-26)33-19-7-5-4-6-17(19)14-21(33)25(34)31(22)2;1-28-19-14-25-23(26-16-6-7-20(24-13-16)29-8-10-32-11-9-29)27-21(19)30-17-5-3-2-4-15(17)12-18(30)22(28)31/h3-8,17-19,22H,9-16H2,1-2H3,(H,31,32,33);4-9,14-16H,10-13H2,1-3H3,(H,27,28,29);2-7,12-14H,8-11H2,1H3,(H,25,26,27). The molecular weight excluding hydrogens is 1340 g/mol. The molecule has 0 spiro atoms. The summed E-state index contributed by atoms with van der Waals surface area (Å²) in [6.45, 7) is 13.9. The number of para-hydroxylation sites is 3. The number of aromatic nitrogens is 14. The molecule has 0 bridgehead atoms. The number of rotatable bonds is 11. The highest BCUT2D eigenvalue weighted by Crippen LogP contribution is 2.34. The van der Waals surface area contributed by atoms with Gasteiger partial charge in [-0.1, -0.05) is 54.6 Å². The molecule has 4 fully saturated rings. The summed E-state index contributed by atoms with van der Waals surface area (Å²) in [7, 11) is 11.3. The summed E-state index contributed by atoms with van der Waals surface area (Å²) in [6.07, 6.45) is 11.1. The molecular formula is C78H81N23O5. The molecule has 4 aromatic carbocycles. The molecule has 4 aliphatic heterocycles. The summed E-state index contributed by atoms with van der Waals surface area (Å²) in [5, 5.41) is 12.8. The second kappa shape index (κ2) is 28.2. The van der Waals surface area contributed by atoms with Gasteiger partial charge in [0.2, 0.25) is 17.8 Å². The third-order valence-corrected chi connectivity index (χ3v) is 21.1. The molecule has 0 saturated carbocycles. The molecule has 15 aromatic rings. The van der Waals surface area contributed by atoms with E-state index in [4.69, 9.17) is 29.4 Å². The van der Waals surface area contributed by atoms with Crippen molar-refractivity contribution in [3.05, 3.63) is 196 Å². The largest absolute Gasteiger partial charge is 0.495 e. The number of hydrogen-bond donors (Lipinski definition) is 3. The fraction of sp³-hybridized carbons (Fsp3) is 0.295. The topological polar surface area (TPSA) is 256 Å². The van der Waals surface area contributed by atoms with Gasteiger partial charge < -0.3 is 63.6 Å². The zero-order chi connectivity index (χ0) is 72.3. The van der Waals surface area contributed by atoms with Gasteiger partial charge in [-0.3, -0.25) is 32.5 Å². The van der Waals surface area contributed by atoms with Crippen molar-refractivity contribution in [3.63, 3.8) is 0 Å². The number of ether oxygens (including phenoxy) is 2. The van der Waals surface area contributed by atoms with Crippen molar-refractivity contribution in [3.8, 4) is 5.75 Å². The summed E-state index contributed by atoms with van der Waals surface area (Å²) in [6, 6.07) is 44.3. The number of piperazine rings is 2. The molecule has 11 aromatic heterocycles. The first-order valence-electron chi connectivity index (χ1n) is 35.9. The molecule has 4 saturated heterocycles. The molecule has 19 rings (SSSR count). The summed E-state index contributed by atoms with van der Waals surface area (Å²) >= 11 is 0. The number of benzene rings is 4. The van der Waals surface area contributed by atoms with Gasteiger partial charge in [0.25, 0.3) is 16.7 Å². The highest BCUT2D eigenvalue weighted by Gasteiger charge is 2.28. The Morgan fingerprint density at radius 3 is 1.20 bits per heavy atom. The molecule has 15 heterocycles. The SMILES string of the molecule is CN1CCN(C2CCN(c3ccc(Nc4ncc5c(n4)n4c(cc6ccccc64)c(=O)n5C)cn3)CC2)CC1.COc1cc(Nc2ncc3c(n2)n2c(cc4ccccc42)c(=O)n3C)ccc1N1CCN(C)CC1.Cn1c(=O)c2cc3ccccc3n2c2nc(Nc3ccc(N4CCOCC4)nc3)ncc21. The van der Waals surface area contributed by atoms with E-state index in [0.717, 1.165) is 138 Å². The predicted molar refractivity (Wildman–Crippen MR) is 418 cm³/mol. The van der Waals surface area contributed by atoms with Crippen LogP contribution < -0.4 is 52.1 Å². The first-order valence-corrected chi connectivity index (χ1v) is 35.9. The Bertz CT molecular complexity index is 6020. The Balaban J connectivity index is 0.000000118. The maximum Gasteiger partial charge on any atom is 0.275 e. The zero-order valence-corrected chi connectivity index (χ0v) is 60.0. The smallest absolute Gasteiger partial charge is 0.275 e. The van der Waals surface area contributed by atoms with Gasteiger partial charge in [0.1, 0.15) is 50.5 Å². The fourth-order valence-corrected chi connectivity index (χ4v) is 15.1. The van der Waals surface area contributed by atoms with E-state index in [1.807, 2.05) is 141 Å². The van der Waals surface area contributed by atoms with E-state index >= 15 is 0 Å². The minimum absolute atomic E-state index is 0.0737. The van der Waals surface area contributed by atoms with E-state index in [0.29, 0.717) is 73.9 Å². The molecule has 0 aliphatic carbocycles. The highest BCUT2D eigenvalue weighted by molar-refractivity contribution is 5.95. The van der Waals surface area contributed by atoms with Gasteiger partial charge in [0, 0.05) is 134 Å². The van der Waals surface area contributed by atoms with Gasteiger partial charge in [-0.05, 0) is 99.7 Å². The third kappa shape index (κ3) is 12.7. The molecule has 106 heavy (non-hydrogen) atoms. The molecule has 538 valence electrons. The van der Waals surface area contributed by atoms with Crippen LogP contribution in [0.25, 0.3) is 82.8 Å². The van der Waals surface area contributed by atoms with Crippen LogP contribution in [0.3, 0.4) is 0 Å². The maximum absolute atomic E-state index is 13.0. The Hall–Kier alpha value is -12.1. The number of anilines is 9. The van der Waals surface area contributed by atoms with E-state index in [-0.39, 0.29) is 16.7 Å². The summed E-state index contributed by atoms with van der Waals surface area (Å²) in [5.41, 5.74) is 11.9. The van der Waals surface area contributed by atoms with Gasteiger partial charge in [-0.25, -0.2) is 24.9 Å². The van der Waals surface area contributed by atoms with Crippen molar-refractivity contribution in [2.24, 2.45) is 21.1 Å². The normalized spacial score (nSPS) is 15.8. The van der Waals surface area contributed by atoms with Crippen molar-refractivity contribution in [1.82, 2.24) is 81.5 Å². The Morgan fingerprint density at radius 2 is 0.783 bits per heavy atom. The molecule has 4 aliphatic rings. The maximum atomic E-state index is 13.0. The van der Waals surface area contributed by atoms with E-state index < -0.39 is 0 Å². The van der Waals surface area contributed by atoms with Crippen LogP contribution in [0.5, 0.6) is 5.75 Å². The van der Waals surface area contributed by atoms with Crippen LogP contribution >= 0.6 is 0 Å². The lowest BCUT2D eigenvalue weighted by Gasteiger charge is -2.42. The van der Waals surface area contributed by atoms with E-state index in [9.17, 15) is 14.4 Å². The number of pyridine rings is 2. The molecule has 0 atom stereocenters. The number of piperidine rings is 1. The number of hydrogen-bond acceptors (Lipinski definition) is 22. The number of methoxy groups -OCH3 is 1. The van der Waals surface area contributed by atoms with Gasteiger partial charge in [0.05, 0.1) is 84.9 Å². The number of fused-ring (bicyclic) bond motifs is 15. The van der Waals surface area contributed by atoms with Crippen LogP contribution in [0.1, 0.15) is 12.8 Å². The van der Waals surface area contributed by atoms with Gasteiger partial charge in [0.15, 0.2) is 16.9 Å². The molecule has 3 N–H and O–H groups in total. The average Bonchev–Trinajstić information content (AvgIpc) is 1.55. The molecule has 28 nitrogen and oxygen atoms in total. The summed E-state index contributed by atoms with van der Waals surface area (Å²) < 4.78 is 21.7. The average molecular weight is 1420 g/mol. The molecule has 28 heteroatoms. The Kier molecular flexibility index (Phi) is 17.8. The van der Waals surface area contributed by atoms with E-state index in [1.165, 1.54) is 39.0 Å². The molecule has 0 amide bonds. The predicted octanol–water partition coefficient (Wildman–Crippen LogP) is 9.04. The molecule has 0 unspecified atom stereocenters. The van der Waals surface area contributed by atoms with Crippen LogP contribution in [0.15, 0.2) is 179 Å². The second-order valence-corrected chi connectivity index (χ2v) is 27.6. The van der Waals surface area contributed by atoms with Crippen molar-refractivity contribution in [1.29, 1.82) is 0 Å². The van der Waals surface area contributed by atoms with E-state index in [2.05, 4.69) is 91.5 Å². The number of nitrogens with zero attached hydrogens (tertiary/aromatic N) is 20. The number of morpholine rings is 1. The first kappa shape index (κ1) is 67.1. The fourth-order valence-electron chi connectivity index (χ4n) is 15.1. The summed E-state index contributed by atoms with van der Waals surface area (Å²) in [4.78, 5) is 90.4. The number of nitrogens with one attached hydrogen (secondary N) is 3. The number of aryl methyl sites for hydroxylation is 3. The first-order chi connectivity index (χ1) is 51.8. The molecule has 0 radical (unpaired) electrons. The monoisotopic (exact) mass is 1420 g/mol. The van der Waals surface area contributed by atoms with Crippen LogP contribution in [-0.4, -0.2) is 200 Å². The third-order valence-electron chi connectivity index (χ3n) is 21.1. The van der Waals surface area contributed by atoms with Crippen molar-refractivity contribution < 1.29 is 9.47 Å². The van der Waals surface area contributed by atoms with E-state index in [1.54, 1.807) is 66.7 Å². The lowest BCUT2D eigenvalue weighted by Crippen LogP contribution is -2.52. The highest BCUT2D eigenvalue weighted by atomic mass is 16.5.